The van der Waals surface area contributed by atoms with E-state index in [1.165, 1.54) is 0 Å². The highest BCUT2D eigenvalue weighted by atomic mass is 19.1. The smallest absolute Gasteiger partial charge is 0.312 e. The number of imidazole rings is 1. The van der Waals surface area contributed by atoms with E-state index in [9.17, 15) is 4.39 Å². The molecule has 1 saturated heterocycles. The van der Waals surface area contributed by atoms with Crippen molar-refractivity contribution in [1.29, 1.82) is 0 Å². The van der Waals surface area contributed by atoms with E-state index >= 15 is 0 Å². The molecule has 26 heavy (non-hydrogen) atoms. The van der Waals surface area contributed by atoms with Crippen molar-refractivity contribution in [2.45, 2.75) is 38.5 Å². The molecule has 136 valence electrons. The van der Waals surface area contributed by atoms with Gasteiger partial charge in [0.25, 0.3) is 0 Å². The lowest BCUT2D eigenvalue weighted by molar-refractivity contribution is 0.00928. The van der Waals surface area contributed by atoms with E-state index < -0.39 is 6.08 Å². The summed E-state index contributed by atoms with van der Waals surface area (Å²) < 4.78 is 21.7. The summed E-state index contributed by atoms with van der Waals surface area (Å²) in [6.07, 6.45) is 4.81. The summed E-state index contributed by atoms with van der Waals surface area (Å²) in [5, 5.41) is 3.14. The Morgan fingerprint density at radius 3 is 3.08 bits per heavy atom. The Bertz CT molecular complexity index is 904. The van der Waals surface area contributed by atoms with Crippen LogP contribution in [-0.2, 0) is 11.3 Å². The molecule has 8 heteroatoms. The second-order valence-corrected chi connectivity index (χ2v) is 6.44. The summed E-state index contributed by atoms with van der Waals surface area (Å²) in [5.74, 6) is 0.363. The van der Waals surface area contributed by atoms with Gasteiger partial charge in [0.05, 0.1) is 6.33 Å². The molecule has 3 aromatic rings. The molecular formula is C18H21FN6O. The zero-order valence-electron chi connectivity index (χ0n) is 14.4. The fraction of sp³-hybridized carbons (Fsp3) is 0.389. The molecule has 1 aliphatic rings. The van der Waals surface area contributed by atoms with Crippen LogP contribution in [-0.4, -0.2) is 26.1 Å². The molecule has 0 spiro atoms. The molecule has 1 aliphatic heterocycles. The van der Waals surface area contributed by atoms with Crippen molar-refractivity contribution in [2.24, 2.45) is 0 Å². The molecule has 1 unspecified atom stereocenters. The van der Waals surface area contributed by atoms with E-state index in [0.717, 1.165) is 31.2 Å². The van der Waals surface area contributed by atoms with Crippen LogP contribution in [0.4, 0.5) is 15.9 Å². The van der Waals surface area contributed by atoms with Gasteiger partial charge in [-0.05, 0) is 37.0 Å². The Hall–Kier alpha value is -2.74. The van der Waals surface area contributed by atoms with E-state index in [2.05, 4.69) is 20.3 Å². The van der Waals surface area contributed by atoms with Gasteiger partial charge in [0.1, 0.15) is 6.23 Å². The fourth-order valence-corrected chi connectivity index (χ4v) is 3.23. The van der Waals surface area contributed by atoms with Crippen molar-refractivity contribution in [3.8, 4) is 0 Å². The molecule has 3 N–H and O–H groups in total. The fourth-order valence-electron chi connectivity index (χ4n) is 3.23. The molecule has 0 radical (unpaired) electrons. The topological polar surface area (TPSA) is 90.9 Å². The summed E-state index contributed by atoms with van der Waals surface area (Å²) in [4.78, 5) is 12.2. The third kappa shape index (κ3) is 3.45. The summed E-state index contributed by atoms with van der Waals surface area (Å²) in [7, 11) is 0. The average molecular weight is 356 g/mol. The monoisotopic (exact) mass is 356 g/mol. The molecule has 3 heterocycles. The first-order valence-corrected chi connectivity index (χ1v) is 8.80. The average Bonchev–Trinajstić information content (AvgIpc) is 2.87. The van der Waals surface area contributed by atoms with Gasteiger partial charge in [0.2, 0.25) is 0 Å². The van der Waals surface area contributed by atoms with E-state index in [1.807, 2.05) is 24.3 Å². The number of anilines is 2. The number of hydrogen-bond acceptors (Lipinski definition) is 6. The predicted octanol–water partition coefficient (Wildman–Crippen LogP) is 3.25. The quantitative estimate of drug-likeness (QED) is 0.551. The minimum absolute atomic E-state index is 0.168. The predicted molar refractivity (Wildman–Crippen MR) is 96.9 cm³/mol. The maximum atomic E-state index is 14.0. The van der Waals surface area contributed by atoms with Crippen molar-refractivity contribution >= 4 is 22.7 Å². The minimum Gasteiger partial charge on any atom is -0.399 e. The first kappa shape index (κ1) is 16.7. The summed E-state index contributed by atoms with van der Waals surface area (Å²) in [5.41, 5.74) is 8.43. The van der Waals surface area contributed by atoms with Gasteiger partial charge < -0.3 is 15.8 Å². The SMILES string of the molecule is Nc1cccc(CNc2nc(F)nc3c2ncn3C2CCCCCO2)c1. The van der Waals surface area contributed by atoms with Crippen LogP contribution in [0.1, 0.15) is 37.5 Å². The maximum Gasteiger partial charge on any atom is 0.312 e. The molecule has 1 fully saturated rings. The number of nitrogens with one attached hydrogen (secondary N) is 1. The van der Waals surface area contributed by atoms with E-state index in [1.54, 1.807) is 10.9 Å². The summed E-state index contributed by atoms with van der Waals surface area (Å²) >= 11 is 0. The Kier molecular flexibility index (Phi) is 4.66. The van der Waals surface area contributed by atoms with Crippen LogP contribution in [0.5, 0.6) is 0 Å². The molecular weight excluding hydrogens is 335 g/mol. The van der Waals surface area contributed by atoms with Gasteiger partial charge >= 0.3 is 6.08 Å². The lowest BCUT2D eigenvalue weighted by atomic mass is 10.2. The van der Waals surface area contributed by atoms with Gasteiger partial charge in [-0.25, -0.2) is 4.98 Å². The molecule has 0 bridgehead atoms. The van der Waals surface area contributed by atoms with E-state index in [4.69, 9.17) is 10.5 Å². The number of nitrogens with two attached hydrogens (primary N) is 1. The zero-order chi connectivity index (χ0) is 17.9. The Balaban J connectivity index is 1.63. The Morgan fingerprint density at radius 1 is 1.27 bits per heavy atom. The van der Waals surface area contributed by atoms with Crippen LogP contribution < -0.4 is 11.1 Å². The van der Waals surface area contributed by atoms with Crippen LogP contribution in [0.3, 0.4) is 0 Å². The molecule has 1 aromatic carbocycles. The largest absolute Gasteiger partial charge is 0.399 e. The van der Waals surface area contributed by atoms with Crippen LogP contribution in [0, 0.1) is 6.08 Å². The lowest BCUT2D eigenvalue weighted by Crippen LogP contribution is -2.12. The number of halogens is 1. The van der Waals surface area contributed by atoms with Gasteiger partial charge in [0.15, 0.2) is 17.0 Å². The van der Waals surface area contributed by atoms with Crippen molar-refractivity contribution in [3.05, 3.63) is 42.2 Å². The molecule has 1 atom stereocenters. The number of nitrogens with zero attached hydrogens (tertiary/aromatic N) is 4. The van der Waals surface area contributed by atoms with Crippen molar-refractivity contribution in [3.63, 3.8) is 0 Å². The molecule has 7 nitrogen and oxygen atoms in total. The van der Waals surface area contributed by atoms with Crippen molar-refractivity contribution in [1.82, 2.24) is 19.5 Å². The molecule has 0 amide bonds. The second-order valence-electron chi connectivity index (χ2n) is 6.44. The van der Waals surface area contributed by atoms with Gasteiger partial charge in [-0.1, -0.05) is 18.6 Å². The Labute approximate surface area is 150 Å². The summed E-state index contributed by atoms with van der Waals surface area (Å²) in [6.45, 7) is 1.15. The number of fused-ring (bicyclic) bond motifs is 1. The van der Waals surface area contributed by atoms with E-state index in [0.29, 0.717) is 35.8 Å². The molecule has 0 saturated carbocycles. The molecule has 2 aromatic heterocycles. The van der Waals surface area contributed by atoms with Crippen molar-refractivity contribution in [2.75, 3.05) is 17.7 Å². The number of aromatic nitrogens is 4. The van der Waals surface area contributed by atoms with E-state index in [-0.39, 0.29) is 6.23 Å². The maximum absolute atomic E-state index is 14.0. The zero-order valence-corrected chi connectivity index (χ0v) is 14.4. The minimum atomic E-state index is -0.789. The normalized spacial score (nSPS) is 18.0. The van der Waals surface area contributed by atoms with Gasteiger partial charge in [0, 0.05) is 18.8 Å². The highest BCUT2D eigenvalue weighted by Gasteiger charge is 2.20. The number of hydrogen-bond donors (Lipinski definition) is 2. The van der Waals surface area contributed by atoms with Crippen LogP contribution in [0.25, 0.3) is 11.2 Å². The summed E-state index contributed by atoms with van der Waals surface area (Å²) in [6, 6.07) is 7.50. The van der Waals surface area contributed by atoms with Gasteiger partial charge in [-0.15, -0.1) is 0 Å². The van der Waals surface area contributed by atoms with Crippen molar-refractivity contribution < 1.29 is 9.13 Å². The van der Waals surface area contributed by atoms with Gasteiger partial charge in [-0.2, -0.15) is 14.4 Å². The Morgan fingerprint density at radius 2 is 2.19 bits per heavy atom. The standard InChI is InChI=1S/C18H21FN6O/c19-18-23-16(21-10-12-5-4-6-13(20)9-12)15-17(24-18)25(11-22-15)14-7-2-1-3-8-26-14/h4-6,9,11,14H,1-3,7-8,10,20H2,(H,21,23,24). The number of nitrogen functional groups attached to an aromatic ring is 1. The second kappa shape index (κ2) is 7.25. The highest BCUT2D eigenvalue weighted by Crippen LogP contribution is 2.27. The highest BCUT2D eigenvalue weighted by molar-refractivity contribution is 5.82. The van der Waals surface area contributed by atoms with Crippen LogP contribution >= 0.6 is 0 Å². The first-order chi connectivity index (χ1) is 12.7. The number of ether oxygens (including phenoxy) is 1. The van der Waals surface area contributed by atoms with Gasteiger partial charge in [-0.3, -0.25) is 4.57 Å². The molecule has 4 rings (SSSR count). The third-order valence-corrected chi connectivity index (χ3v) is 4.52. The first-order valence-electron chi connectivity index (χ1n) is 8.80. The lowest BCUT2D eigenvalue weighted by Gasteiger charge is -2.17. The third-order valence-electron chi connectivity index (χ3n) is 4.52. The van der Waals surface area contributed by atoms with Crippen LogP contribution in [0.15, 0.2) is 30.6 Å². The van der Waals surface area contributed by atoms with Crippen LogP contribution in [0.2, 0.25) is 0 Å². The number of rotatable bonds is 4. The molecule has 0 aliphatic carbocycles. The number of benzene rings is 1.